The number of benzene rings is 2. The topological polar surface area (TPSA) is 66.5 Å². The second-order valence-electron chi connectivity index (χ2n) is 6.56. The summed E-state index contributed by atoms with van der Waals surface area (Å²) in [5, 5.41) is 3.24. The molecule has 2 atom stereocenters. The maximum absolute atomic E-state index is 12.7. The molecule has 27 heavy (non-hydrogen) atoms. The van der Waals surface area contributed by atoms with E-state index in [1.807, 2.05) is 38.1 Å². The molecule has 1 heterocycles. The molecule has 1 aliphatic rings. The number of hydrogen-bond donors (Lipinski definition) is 1. The van der Waals surface area contributed by atoms with E-state index in [2.05, 4.69) is 5.32 Å². The van der Waals surface area contributed by atoms with Gasteiger partial charge in [0.1, 0.15) is 6.04 Å². The van der Waals surface area contributed by atoms with Crippen LogP contribution in [-0.2, 0) is 4.79 Å². The summed E-state index contributed by atoms with van der Waals surface area (Å²) in [6.45, 7) is 5.33. The highest BCUT2D eigenvalue weighted by molar-refractivity contribution is 6.43. The smallest absolute Gasteiger partial charge is 0.262 e. The predicted molar refractivity (Wildman–Crippen MR) is 104 cm³/mol. The third-order valence-electron chi connectivity index (χ3n) is 4.74. The molecule has 5 nitrogen and oxygen atoms in total. The number of halogens is 2. The minimum absolute atomic E-state index is 0.154. The standard InChI is InChI=1S/C20H18Cl2N2O3/c1-10-6-4-5-7-13(10)11(2)23-18(25)12(3)24-19(26)14-8-16(21)17(22)9-15(14)20(24)27/h4-9,11-12H,1-3H3,(H,23,25). The highest BCUT2D eigenvalue weighted by Gasteiger charge is 2.41. The zero-order valence-electron chi connectivity index (χ0n) is 15.0. The number of nitrogens with zero attached hydrogens (tertiary/aromatic N) is 1. The van der Waals surface area contributed by atoms with Crippen molar-refractivity contribution < 1.29 is 14.4 Å². The van der Waals surface area contributed by atoms with E-state index in [1.54, 1.807) is 0 Å². The molecule has 0 saturated heterocycles. The zero-order chi connectivity index (χ0) is 19.9. The van der Waals surface area contributed by atoms with Crippen molar-refractivity contribution in [1.29, 1.82) is 0 Å². The Morgan fingerprint density at radius 1 is 1.00 bits per heavy atom. The fourth-order valence-corrected chi connectivity index (χ4v) is 3.53. The number of amides is 3. The van der Waals surface area contributed by atoms with Crippen LogP contribution in [0.4, 0.5) is 0 Å². The van der Waals surface area contributed by atoms with Crippen molar-refractivity contribution in [3.05, 3.63) is 68.7 Å². The largest absolute Gasteiger partial charge is 0.348 e. The average molecular weight is 405 g/mol. The molecule has 0 aliphatic carbocycles. The van der Waals surface area contributed by atoms with Crippen LogP contribution in [-0.4, -0.2) is 28.7 Å². The summed E-state index contributed by atoms with van der Waals surface area (Å²) in [5.74, 6) is -1.53. The molecule has 0 saturated carbocycles. The van der Waals surface area contributed by atoms with Gasteiger partial charge < -0.3 is 5.32 Å². The minimum atomic E-state index is -0.971. The van der Waals surface area contributed by atoms with E-state index in [4.69, 9.17) is 23.2 Å². The first-order valence-electron chi connectivity index (χ1n) is 8.45. The van der Waals surface area contributed by atoms with Crippen LogP contribution < -0.4 is 5.32 Å². The molecule has 3 rings (SSSR count). The van der Waals surface area contributed by atoms with Crippen molar-refractivity contribution in [2.24, 2.45) is 0 Å². The Morgan fingerprint density at radius 3 is 2.04 bits per heavy atom. The van der Waals surface area contributed by atoms with Gasteiger partial charge in [0.2, 0.25) is 5.91 Å². The van der Waals surface area contributed by atoms with Crippen LogP contribution >= 0.6 is 23.2 Å². The third kappa shape index (κ3) is 3.45. The molecule has 0 aromatic heterocycles. The number of carbonyl (C=O) groups excluding carboxylic acids is 3. The molecule has 0 bridgehead atoms. The lowest BCUT2D eigenvalue weighted by Gasteiger charge is -2.24. The molecule has 0 fully saturated rings. The van der Waals surface area contributed by atoms with Crippen molar-refractivity contribution >= 4 is 40.9 Å². The second-order valence-corrected chi connectivity index (χ2v) is 7.37. The highest BCUT2D eigenvalue weighted by Crippen LogP contribution is 2.32. The quantitative estimate of drug-likeness (QED) is 0.777. The Balaban J connectivity index is 1.81. The van der Waals surface area contributed by atoms with Crippen LogP contribution in [0.1, 0.15) is 51.7 Å². The highest BCUT2D eigenvalue weighted by atomic mass is 35.5. The fourth-order valence-electron chi connectivity index (χ4n) is 3.21. The first kappa shape index (κ1) is 19.4. The van der Waals surface area contributed by atoms with Crippen molar-refractivity contribution in [2.75, 3.05) is 0 Å². The van der Waals surface area contributed by atoms with Crippen molar-refractivity contribution in [2.45, 2.75) is 32.9 Å². The lowest BCUT2D eigenvalue weighted by Crippen LogP contribution is -2.48. The molecular formula is C20H18Cl2N2O3. The van der Waals surface area contributed by atoms with Gasteiger partial charge >= 0.3 is 0 Å². The Hall–Kier alpha value is -2.37. The lowest BCUT2D eigenvalue weighted by molar-refractivity contribution is -0.125. The number of hydrogen-bond acceptors (Lipinski definition) is 3. The Kier molecular flexibility index (Phi) is 5.27. The Bertz CT molecular complexity index is 917. The fraction of sp³-hybridized carbons (Fsp3) is 0.250. The van der Waals surface area contributed by atoms with Crippen molar-refractivity contribution in [3.63, 3.8) is 0 Å². The normalized spacial score (nSPS) is 15.5. The van der Waals surface area contributed by atoms with Crippen molar-refractivity contribution in [3.8, 4) is 0 Å². The first-order chi connectivity index (χ1) is 12.7. The zero-order valence-corrected chi connectivity index (χ0v) is 16.6. The predicted octanol–water partition coefficient (Wildman–Crippen LogP) is 4.16. The van der Waals surface area contributed by atoms with Crippen LogP contribution in [0.5, 0.6) is 0 Å². The van der Waals surface area contributed by atoms with E-state index in [0.29, 0.717) is 0 Å². The molecule has 1 aliphatic heterocycles. The number of aryl methyl sites for hydroxylation is 1. The summed E-state index contributed by atoms with van der Waals surface area (Å²) in [4.78, 5) is 38.9. The number of rotatable bonds is 4. The van der Waals surface area contributed by atoms with Gasteiger partial charge in [-0.25, -0.2) is 0 Å². The van der Waals surface area contributed by atoms with Gasteiger partial charge in [0, 0.05) is 0 Å². The number of nitrogens with one attached hydrogen (secondary N) is 1. The summed E-state index contributed by atoms with van der Waals surface area (Å²) in [7, 11) is 0. The molecular weight excluding hydrogens is 387 g/mol. The van der Waals surface area contributed by atoms with E-state index in [-0.39, 0.29) is 27.2 Å². The van der Waals surface area contributed by atoms with Crippen LogP contribution in [0, 0.1) is 6.92 Å². The van der Waals surface area contributed by atoms with E-state index in [9.17, 15) is 14.4 Å². The Labute approximate surface area is 167 Å². The van der Waals surface area contributed by atoms with Gasteiger partial charge in [0.25, 0.3) is 11.8 Å². The molecule has 2 aromatic carbocycles. The van der Waals surface area contributed by atoms with E-state index >= 15 is 0 Å². The Morgan fingerprint density at radius 2 is 1.52 bits per heavy atom. The summed E-state index contributed by atoms with van der Waals surface area (Å²) in [5.41, 5.74) is 2.32. The van der Waals surface area contributed by atoms with Crippen LogP contribution in [0.15, 0.2) is 36.4 Å². The minimum Gasteiger partial charge on any atom is -0.348 e. The molecule has 140 valence electrons. The molecule has 2 aromatic rings. The molecule has 2 unspecified atom stereocenters. The van der Waals surface area contributed by atoms with Gasteiger partial charge in [-0.05, 0) is 44.0 Å². The van der Waals surface area contributed by atoms with Gasteiger partial charge in [-0.15, -0.1) is 0 Å². The van der Waals surface area contributed by atoms with Gasteiger partial charge in [0.15, 0.2) is 0 Å². The van der Waals surface area contributed by atoms with Gasteiger partial charge in [-0.2, -0.15) is 0 Å². The van der Waals surface area contributed by atoms with E-state index in [0.717, 1.165) is 16.0 Å². The van der Waals surface area contributed by atoms with Crippen LogP contribution in [0.3, 0.4) is 0 Å². The van der Waals surface area contributed by atoms with Gasteiger partial charge in [-0.3, -0.25) is 19.3 Å². The summed E-state index contributed by atoms with van der Waals surface area (Å²) >= 11 is 11.9. The third-order valence-corrected chi connectivity index (χ3v) is 5.46. The van der Waals surface area contributed by atoms with E-state index < -0.39 is 23.8 Å². The summed E-state index contributed by atoms with van der Waals surface area (Å²) in [6.07, 6.45) is 0. The molecule has 0 spiro atoms. The maximum Gasteiger partial charge on any atom is 0.262 e. The number of carbonyl (C=O) groups is 3. The van der Waals surface area contributed by atoms with Gasteiger partial charge in [-0.1, -0.05) is 47.5 Å². The van der Waals surface area contributed by atoms with Crippen LogP contribution in [0.2, 0.25) is 10.0 Å². The summed E-state index contributed by atoms with van der Waals surface area (Å²) < 4.78 is 0. The van der Waals surface area contributed by atoms with Gasteiger partial charge in [0.05, 0.1) is 27.2 Å². The number of imide groups is 1. The SMILES string of the molecule is Cc1ccccc1C(C)NC(=O)C(C)N1C(=O)c2cc(Cl)c(Cl)cc2C1=O. The molecule has 7 heteroatoms. The maximum atomic E-state index is 12.7. The first-order valence-corrected chi connectivity index (χ1v) is 9.20. The monoisotopic (exact) mass is 404 g/mol. The van der Waals surface area contributed by atoms with Crippen molar-refractivity contribution in [1.82, 2.24) is 10.2 Å². The van der Waals surface area contributed by atoms with E-state index in [1.165, 1.54) is 19.1 Å². The molecule has 3 amide bonds. The number of fused-ring (bicyclic) bond motifs is 1. The average Bonchev–Trinajstić information content (AvgIpc) is 2.85. The van der Waals surface area contributed by atoms with Crippen LogP contribution in [0.25, 0.3) is 0 Å². The molecule has 0 radical (unpaired) electrons. The summed E-state index contributed by atoms with van der Waals surface area (Å²) in [6, 6.07) is 9.19. The molecule has 1 N–H and O–H groups in total. The lowest BCUT2D eigenvalue weighted by atomic mass is 10.0. The second kappa shape index (κ2) is 7.33.